The number of benzene rings is 6. The molecule has 6 heterocycles. The highest BCUT2D eigenvalue weighted by Gasteiger charge is 2.23. The van der Waals surface area contributed by atoms with Crippen LogP contribution in [0.5, 0.6) is 23.0 Å². The van der Waals surface area contributed by atoms with E-state index in [-0.39, 0.29) is 5.48 Å². The minimum atomic E-state index is 0. The summed E-state index contributed by atoms with van der Waals surface area (Å²) >= 11 is 12.2. The van der Waals surface area contributed by atoms with E-state index >= 15 is 0 Å². The van der Waals surface area contributed by atoms with Gasteiger partial charge in [0.2, 0.25) is 0 Å². The standard InChI is InChI=1S/2C38H49ClN4O2.H2O/c2*39-33-16-18-34(19-17-33)44-30-37-40-38-35(14-9-15-36(38)45-29-32-11-3-1-4-12-32)43(37)26-10-13-31-20-27-42(28-21-31)25-8-7-24-41-22-5-2-6-23-41;/h2*1,3-4,9,11-12,14-19,31H,2,5-8,10,13,20-30H2;1H2. The molecule has 4 aliphatic rings. The summed E-state index contributed by atoms with van der Waals surface area (Å²) in [7, 11) is 0. The Morgan fingerprint density at radius 2 is 0.714 bits per heavy atom. The minimum absolute atomic E-state index is 0. The number of likely N-dealkylation sites (tertiary alicyclic amines) is 4. The molecule has 8 aromatic rings. The first kappa shape index (κ1) is 67.7. The molecule has 4 fully saturated rings. The topological polar surface area (TPSA) is 117 Å². The summed E-state index contributed by atoms with van der Waals surface area (Å²) in [5.41, 5.74) is 6.30. The molecule has 0 radical (unpaired) electrons. The van der Waals surface area contributed by atoms with Crippen LogP contribution in [0.1, 0.15) is 138 Å². The van der Waals surface area contributed by atoms with Gasteiger partial charge in [-0.1, -0.05) is 109 Å². The lowest BCUT2D eigenvalue weighted by atomic mass is 9.92. The first-order valence-electron chi connectivity index (χ1n) is 34.4. The smallest absolute Gasteiger partial charge is 0.148 e. The molecule has 4 saturated heterocycles. The van der Waals surface area contributed by atoms with Crippen molar-refractivity contribution in [3.05, 3.63) is 178 Å². The van der Waals surface area contributed by atoms with Crippen LogP contribution in [-0.2, 0) is 39.5 Å². The molecule has 0 saturated carbocycles. The third-order valence-electron chi connectivity index (χ3n) is 19.2. The summed E-state index contributed by atoms with van der Waals surface area (Å²) in [6.07, 6.45) is 23.9. The number of ether oxygens (including phenoxy) is 4. The van der Waals surface area contributed by atoms with Gasteiger partial charge in [0.25, 0.3) is 0 Å². The van der Waals surface area contributed by atoms with Crippen LogP contribution in [0, 0.1) is 11.8 Å². The van der Waals surface area contributed by atoms with E-state index in [1.54, 1.807) is 0 Å². The molecule has 12 rings (SSSR count). The van der Waals surface area contributed by atoms with Crippen molar-refractivity contribution in [1.82, 2.24) is 38.7 Å². The highest BCUT2D eigenvalue weighted by Crippen LogP contribution is 2.32. The average molecular weight is 1280 g/mol. The molecule has 2 aromatic heterocycles. The number of unbranched alkanes of at least 4 members (excludes halogenated alkanes) is 2. The number of halogens is 2. The number of fused-ring (bicyclic) bond motifs is 2. The number of aryl methyl sites for hydroxylation is 2. The summed E-state index contributed by atoms with van der Waals surface area (Å²) in [6.45, 7) is 19.1. The van der Waals surface area contributed by atoms with E-state index in [0.717, 1.165) is 106 Å². The Morgan fingerprint density at radius 1 is 0.352 bits per heavy atom. The number of para-hydroxylation sites is 2. The zero-order valence-electron chi connectivity index (χ0n) is 53.9. The lowest BCUT2D eigenvalue weighted by Gasteiger charge is -2.32. The van der Waals surface area contributed by atoms with Crippen LogP contribution >= 0.6 is 23.2 Å². The molecule has 2 N–H and O–H groups in total. The Bertz CT molecular complexity index is 3120. The molecule has 13 nitrogen and oxygen atoms in total. The maximum Gasteiger partial charge on any atom is 0.148 e. The van der Waals surface area contributed by atoms with E-state index in [9.17, 15) is 0 Å². The van der Waals surface area contributed by atoms with E-state index < -0.39 is 0 Å². The van der Waals surface area contributed by atoms with Crippen LogP contribution in [0.2, 0.25) is 10.0 Å². The maximum atomic E-state index is 6.29. The highest BCUT2D eigenvalue weighted by atomic mass is 35.5. The van der Waals surface area contributed by atoms with E-state index in [1.807, 2.05) is 97.1 Å². The Kier molecular flexibility index (Phi) is 27.0. The lowest BCUT2D eigenvalue weighted by molar-refractivity contribution is 0.168. The molecule has 4 aliphatic heterocycles. The van der Waals surface area contributed by atoms with Crippen molar-refractivity contribution in [1.29, 1.82) is 0 Å². The van der Waals surface area contributed by atoms with Gasteiger partial charge in [0, 0.05) is 23.1 Å². The fraction of sp³-hybridized carbons (Fsp3) is 0.500. The van der Waals surface area contributed by atoms with Crippen molar-refractivity contribution in [3.8, 4) is 23.0 Å². The molecule has 488 valence electrons. The van der Waals surface area contributed by atoms with Crippen LogP contribution in [0.25, 0.3) is 22.1 Å². The number of rotatable bonds is 30. The molecule has 6 aromatic carbocycles. The third kappa shape index (κ3) is 20.9. The molecule has 0 atom stereocenters. The predicted molar refractivity (Wildman–Crippen MR) is 372 cm³/mol. The van der Waals surface area contributed by atoms with Crippen LogP contribution in [0.4, 0.5) is 0 Å². The average Bonchev–Trinajstić information content (AvgIpc) is 1.75. The lowest BCUT2D eigenvalue weighted by Crippen LogP contribution is -2.35. The van der Waals surface area contributed by atoms with Gasteiger partial charge in [-0.15, -0.1) is 0 Å². The van der Waals surface area contributed by atoms with Gasteiger partial charge in [0.1, 0.15) is 72.1 Å². The fourth-order valence-electron chi connectivity index (χ4n) is 13.9. The van der Waals surface area contributed by atoms with Crippen molar-refractivity contribution in [2.45, 2.75) is 155 Å². The van der Waals surface area contributed by atoms with Gasteiger partial charge in [0.05, 0.1) is 11.0 Å². The number of nitrogens with zero attached hydrogens (tertiary/aromatic N) is 8. The number of piperidine rings is 4. The maximum absolute atomic E-state index is 6.29. The van der Waals surface area contributed by atoms with Crippen LogP contribution in [0.15, 0.2) is 146 Å². The summed E-state index contributed by atoms with van der Waals surface area (Å²) in [6, 6.07) is 48.2. The number of hydrogen-bond donors (Lipinski definition) is 0. The second-order valence-corrected chi connectivity index (χ2v) is 26.6. The van der Waals surface area contributed by atoms with E-state index in [2.05, 4.69) is 77.3 Å². The van der Waals surface area contributed by atoms with Crippen LogP contribution in [-0.4, -0.2) is 123 Å². The molecule has 15 heteroatoms. The Morgan fingerprint density at radius 3 is 1.09 bits per heavy atom. The van der Waals surface area contributed by atoms with E-state index in [0.29, 0.717) is 36.5 Å². The first-order valence-corrected chi connectivity index (χ1v) is 35.1. The summed E-state index contributed by atoms with van der Waals surface area (Å²) in [5.74, 6) is 6.67. The fourth-order valence-corrected chi connectivity index (χ4v) is 14.2. The number of aromatic nitrogens is 4. The molecule has 0 unspecified atom stereocenters. The normalized spacial score (nSPS) is 16.5. The molecule has 91 heavy (non-hydrogen) atoms. The molecule has 0 amide bonds. The van der Waals surface area contributed by atoms with Crippen molar-refractivity contribution in [2.24, 2.45) is 11.8 Å². The molecule has 0 bridgehead atoms. The second kappa shape index (κ2) is 36.3. The largest absolute Gasteiger partial charge is 0.487 e. The SMILES string of the molecule is Clc1ccc(OCc2nc3c(OCc4ccccc4)cccc3n2CCCC2CCN(CCCCN3CCCCC3)CC2)cc1.Clc1ccc(OCc2nc3c(OCc4ccccc4)cccc3n2CCCC2CCN(CCCCN3CCCCC3)CC2)cc1.O. The van der Waals surface area contributed by atoms with Gasteiger partial charge in [-0.2, -0.15) is 0 Å². The third-order valence-corrected chi connectivity index (χ3v) is 19.7. The summed E-state index contributed by atoms with van der Waals surface area (Å²) in [5, 5.41) is 1.40. The van der Waals surface area contributed by atoms with Gasteiger partial charge >= 0.3 is 0 Å². The van der Waals surface area contributed by atoms with Crippen molar-refractivity contribution < 1.29 is 24.4 Å². The summed E-state index contributed by atoms with van der Waals surface area (Å²) in [4.78, 5) is 20.9. The van der Waals surface area contributed by atoms with Crippen molar-refractivity contribution in [3.63, 3.8) is 0 Å². The van der Waals surface area contributed by atoms with E-state index in [1.165, 1.54) is 181 Å². The Balaban J connectivity index is 0.000000198. The predicted octanol–water partition coefficient (Wildman–Crippen LogP) is 16.4. The number of hydrogen-bond acceptors (Lipinski definition) is 10. The van der Waals surface area contributed by atoms with Crippen molar-refractivity contribution in [2.75, 3.05) is 78.5 Å². The molecule has 0 spiro atoms. The molecular weight excluding hydrogens is 1180 g/mol. The van der Waals surface area contributed by atoms with Gasteiger partial charge < -0.3 is 53.2 Å². The van der Waals surface area contributed by atoms with Gasteiger partial charge in [-0.25, -0.2) is 9.97 Å². The second-order valence-electron chi connectivity index (χ2n) is 25.7. The summed E-state index contributed by atoms with van der Waals surface area (Å²) < 4.78 is 29.6. The van der Waals surface area contributed by atoms with Crippen molar-refractivity contribution >= 4 is 45.3 Å². The highest BCUT2D eigenvalue weighted by molar-refractivity contribution is 6.30. The van der Waals surface area contributed by atoms with Crippen LogP contribution < -0.4 is 18.9 Å². The quantitative estimate of drug-likeness (QED) is 0.0403. The van der Waals surface area contributed by atoms with Gasteiger partial charge in [-0.05, 0) is 277 Å². The minimum Gasteiger partial charge on any atom is -0.487 e. The van der Waals surface area contributed by atoms with Crippen LogP contribution in [0.3, 0.4) is 0 Å². The zero-order valence-corrected chi connectivity index (χ0v) is 55.4. The number of imidazole rings is 2. The molecule has 0 aliphatic carbocycles. The molecular formula is C76H100Cl2N8O5. The van der Waals surface area contributed by atoms with Gasteiger partial charge in [-0.3, -0.25) is 0 Å². The monoisotopic (exact) mass is 1270 g/mol. The van der Waals surface area contributed by atoms with E-state index in [4.69, 9.17) is 52.1 Å². The Labute approximate surface area is 552 Å². The Hall–Kier alpha value is -6.16. The van der Waals surface area contributed by atoms with Gasteiger partial charge in [0.15, 0.2) is 0 Å². The first-order chi connectivity index (χ1) is 44.4. The zero-order chi connectivity index (χ0) is 61.4.